The Kier molecular flexibility index (Phi) is 7.44. The van der Waals surface area contributed by atoms with E-state index in [9.17, 15) is 14.4 Å². The van der Waals surface area contributed by atoms with Crippen LogP contribution in [-0.2, 0) is 16.1 Å². The summed E-state index contributed by atoms with van der Waals surface area (Å²) >= 11 is 0. The van der Waals surface area contributed by atoms with Gasteiger partial charge in [0.2, 0.25) is 5.91 Å². The van der Waals surface area contributed by atoms with Crippen LogP contribution in [0.1, 0.15) is 23.2 Å². The van der Waals surface area contributed by atoms with Gasteiger partial charge < -0.3 is 19.9 Å². The minimum absolute atomic E-state index is 0. The lowest BCUT2D eigenvalue weighted by atomic mass is 10.2. The van der Waals surface area contributed by atoms with Gasteiger partial charge in [-0.25, -0.2) is 4.79 Å². The number of carbonyl (C=O) groups excluding carboxylic acids is 2. The normalized spacial score (nSPS) is 15.3. The summed E-state index contributed by atoms with van der Waals surface area (Å²) in [7, 11) is 0. The number of para-hydroxylation sites is 1. The summed E-state index contributed by atoms with van der Waals surface area (Å²) in [5, 5.41) is 6.65. The molecule has 0 saturated carbocycles. The molecule has 2 aromatic carbocycles. The van der Waals surface area contributed by atoms with Crippen molar-refractivity contribution in [2.45, 2.75) is 25.4 Å². The topological polar surface area (TPSA) is 89.4 Å². The number of hydrogen-bond acceptors (Lipinski definition) is 5. The minimum Gasteiger partial charge on any atom is -0.460 e. The van der Waals surface area contributed by atoms with Crippen LogP contribution in [0.15, 0.2) is 65.6 Å². The van der Waals surface area contributed by atoms with Crippen LogP contribution in [0, 0.1) is 0 Å². The highest BCUT2D eigenvalue weighted by atomic mass is 35.5. The van der Waals surface area contributed by atoms with Crippen LogP contribution < -0.4 is 16.1 Å². The summed E-state index contributed by atoms with van der Waals surface area (Å²) in [6.45, 7) is 1.34. The van der Waals surface area contributed by atoms with Crippen molar-refractivity contribution in [2.24, 2.45) is 0 Å². The quantitative estimate of drug-likeness (QED) is 0.574. The molecule has 7 nitrogen and oxygen atoms in total. The zero-order chi connectivity index (χ0) is 20.9. The lowest BCUT2D eigenvalue weighted by Crippen LogP contribution is -2.28. The number of rotatable bonds is 6. The Hall–Kier alpha value is -3.16. The van der Waals surface area contributed by atoms with E-state index in [0.717, 1.165) is 19.4 Å². The maximum absolute atomic E-state index is 12.6. The minimum atomic E-state index is -0.411. The Labute approximate surface area is 185 Å². The molecule has 8 heteroatoms. The van der Waals surface area contributed by atoms with Crippen LogP contribution in [0.5, 0.6) is 0 Å². The molecule has 1 unspecified atom stereocenters. The third-order valence-corrected chi connectivity index (χ3v) is 5.16. The second-order valence-electron chi connectivity index (χ2n) is 7.35. The van der Waals surface area contributed by atoms with Gasteiger partial charge in [-0.05, 0) is 49.7 Å². The van der Waals surface area contributed by atoms with Crippen LogP contribution in [0.3, 0.4) is 0 Å². The van der Waals surface area contributed by atoms with Gasteiger partial charge in [0.25, 0.3) is 0 Å². The number of benzene rings is 2. The number of pyridine rings is 1. The number of carbonyl (C=O) groups is 2. The van der Waals surface area contributed by atoms with E-state index in [0.29, 0.717) is 28.8 Å². The number of anilines is 1. The standard InChI is InChI=1S/C23H23N3O4.ClH/c27-21-10-12-26(20-9-2-1-8-19(20)21)14-22(28)25-17-6-3-5-16(13-17)23(29)30-15-18-7-4-11-24-18;/h1-3,5-6,8-10,12-13,18,24H,4,7,11,14-15H2,(H,25,28);1H. The molecule has 0 bridgehead atoms. The van der Waals surface area contributed by atoms with Crippen molar-refractivity contribution in [3.05, 3.63) is 76.6 Å². The molecule has 1 aliphatic rings. The van der Waals surface area contributed by atoms with E-state index >= 15 is 0 Å². The maximum Gasteiger partial charge on any atom is 0.338 e. The summed E-state index contributed by atoms with van der Waals surface area (Å²) < 4.78 is 7.10. The number of esters is 1. The van der Waals surface area contributed by atoms with Crippen LogP contribution in [0.2, 0.25) is 0 Å². The molecule has 4 rings (SSSR count). The van der Waals surface area contributed by atoms with E-state index in [1.807, 2.05) is 6.07 Å². The third-order valence-electron chi connectivity index (χ3n) is 5.16. The van der Waals surface area contributed by atoms with Gasteiger partial charge in [0.05, 0.1) is 11.1 Å². The molecule has 31 heavy (non-hydrogen) atoms. The third kappa shape index (κ3) is 5.51. The van der Waals surface area contributed by atoms with Gasteiger partial charge in [-0.1, -0.05) is 18.2 Å². The van der Waals surface area contributed by atoms with E-state index in [1.165, 1.54) is 6.07 Å². The highest BCUT2D eigenvalue weighted by Gasteiger charge is 2.17. The van der Waals surface area contributed by atoms with Gasteiger partial charge in [-0.3, -0.25) is 9.59 Å². The molecule has 0 spiro atoms. The molecule has 1 aromatic heterocycles. The van der Waals surface area contributed by atoms with Crippen LogP contribution >= 0.6 is 12.4 Å². The molecule has 0 radical (unpaired) electrons. The highest BCUT2D eigenvalue weighted by molar-refractivity contribution is 5.95. The molecule has 3 aromatic rings. The molecular formula is C23H24ClN3O4. The molecule has 2 heterocycles. The Morgan fingerprint density at radius 1 is 1.13 bits per heavy atom. The van der Waals surface area contributed by atoms with Crippen molar-refractivity contribution >= 4 is 40.9 Å². The average Bonchev–Trinajstić information content (AvgIpc) is 3.28. The largest absolute Gasteiger partial charge is 0.460 e. The number of amides is 1. The van der Waals surface area contributed by atoms with Gasteiger partial charge in [-0.2, -0.15) is 0 Å². The molecule has 2 N–H and O–H groups in total. The van der Waals surface area contributed by atoms with Gasteiger partial charge in [0.15, 0.2) is 5.43 Å². The fraction of sp³-hybridized carbons (Fsp3) is 0.261. The average molecular weight is 442 g/mol. The van der Waals surface area contributed by atoms with Crippen molar-refractivity contribution in [3.63, 3.8) is 0 Å². The number of ether oxygens (including phenoxy) is 1. The lowest BCUT2D eigenvalue weighted by Gasteiger charge is -2.13. The molecule has 0 aliphatic carbocycles. The first-order valence-electron chi connectivity index (χ1n) is 9.99. The van der Waals surface area contributed by atoms with E-state index < -0.39 is 5.97 Å². The molecule has 1 saturated heterocycles. The number of nitrogens with one attached hydrogen (secondary N) is 2. The summed E-state index contributed by atoms with van der Waals surface area (Å²) in [6, 6.07) is 15.5. The molecule has 1 amide bonds. The number of nitrogens with zero attached hydrogens (tertiary/aromatic N) is 1. The van der Waals surface area contributed by atoms with Crippen molar-refractivity contribution in [1.82, 2.24) is 9.88 Å². The fourth-order valence-electron chi connectivity index (χ4n) is 3.64. The monoisotopic (exact) mass is 441 g/mol. The van der Waals surface area contributed by atoms with Gasteiger partial charge >= 0.3 is 5.97 Å². The first-order chi connectivity index (χ1) is 14.6. The fourth-order valence-corrected chi connectivity index (χ4v) is 3.64. The van der Waals surface area contributed by atoms with E-state index in [-0.39, 0.29) is 36.3 Å². The Balaban J connectivity index is 0.00000272. The number of aromatic nitrogens is 1. The highest BCUT2D eigenvalue weighted by Crippen LogP contribution is 2.14. The van der Waals surface area contributed by atoms with Crippen molar-refractivity contribution in [2.75, 3.05) is 18.5 Å². The molecule has 1 aliphatic heterocycles. The second kappa shape index (κ2) is 10.2. The van der Waals surface area contributed by atoms with Crippen LogP contribution in [0.25, 0.3) is 10.9 Å². The number of fused-ring (bicyclic) bond motifs is 1. The number of hydrogen-bond donors (Lipinski definition) is 2. The predicted octanol–water partition coefficient (Wildman–Crippen LogP) is 2.97. The molecular weight excluding hydrogens is 418 g/mol. The van der Waals surface area contributed by atoms with Crippen molar-refractivity contribution in [3.8, 4) is 0 Å². The van der Waals surface area contributed by atoms with E-state index in [4.69, 9.17) is 4.74 Å². The summed E-state index contributed by atoms with van der Waals surface area (Å²) in [6.07, 6.45) is 3.70. The smallest absolute Gasteiger partial charge is 0.338 e. The SMILES string of the molecule is Cl.O=C(Cn1ccc(=O)c2ccccc21)Nc1cccc(C(=O)OCC2CCCN2)c1. The van der Waals surface area contributed by atoms with E-state index in [2.05, 4.69) is 10.6 Å². The molecule has 1 fully saturated rings. The van der Waals surface area contributed by atoms with Crippen molar-refractivity contribution in [1.29, 1.82) is 0 Å². The number of halogens is 1. The zero-order valence-electron chi connectivity index (χ0n) is 16.9. The first-order valence-corrected chi connectivity index (χ1v) is 9.99. The van der Waals surface area contributed by atoms with Gasteiger partial charge in [0.1, 0.15) is 13.2 Å². The Morgan fingerprint density at radius 3 is 2.77 bits per heavy atom. The Bertz CT molecular complexity index is 1140. The summed E-state index contributed by atoms with van der Waals surface area (Å²) in [5.41, 5.74) is 1.51. The second-order valence-corrected chi connectivity index (χ2v) is 7.35. The predicted molar refractivity (Wildman–Crippen MR) is 122 cm³/mol. The molecule has 1 atom stereocenters. The maximum atomic E-state index is 12.6. The Morgan fingerprint density at radius 2 is 1.97 bits per heavy atom. The van der Waals surface area contributed by atoms with Gasteiger partial charge in [-0.15, -0.1) is 12.4 Å². The zero-order valence-corrected chi connectivity index (χ0v) is 17.7. The van der Waals surface area contributed by atoms with Crippen LogP contribution in [-0.4, -0.2) is 35.6 Å². The first kappa shape index (κ1) is 22.5. The van der Waals surface area contributed by atoms with Gasteiger partial charge in [0, 0.05) is 29.4 Å². The van der Waals surface area contributed by atoms with Crippen molar-refractivity contribution < 1.29 is 14.3 Å². The summed E-state index contributed by atoms with van der Waals surface area (Å²) in [4.78, 5) is 36.9. The lowest BCUT2D eigenvalue weighted by molar-refractivity contribution is -0.116. The molecule has 162 valence electrons. The summed E-state index contributed by atoms with van der Waals surface area (Å²) in [5.74, 6) is -0.671. The van der Waals surface area contributed by atoms with E-state index in [1.54, 1.807) is 53.2 Å². The van der Waals surface area contributed by atoms with Crippen LogP contribution in [0.4, 0.5) is 5.69 Å².